The Morgan fingerprint density at radius 2 is 2.10 bits per heavy atom. The molecule has 0 amide bonds. The number of hydrogen-bond donors (Lipinski definition) is 2. The third kappa shape index (κ3) is 2.94. The molecule has 112 valence electrons. The first-order valence-corrected chi connectivity index (χ1v) is 7.23. The molecule has 1 aliphatic rings. The van der Waals surface area contributed by atoms with E-state index in [-0.39, 0.29) is 0 Å². The first-order chi connectivity index (χ1) is 10.1. The summed E-state index contributed by atoms with van der Waals surface area (Å²) in [6.45, 7) is 1.83. The minimum atomic E-state index is -0.684. The van der Waals surface area contributed by atoms with Crippen LogP contribution in [0, 0.1) is 0 Å². The van der Waals surface area contributed by atoms with E-state index in [2.05, 4.69) is 9.88 Å². The van der Waals surface area contributed by atoms with E-state index in [4.69, 9.17) is 10.5 Å². The number of nitrogens with zero attached hydrogens (tertiary/aromatic N) is 2. The number of anilines is 2. The van der Waals surface area contributed by atoms with E-state index in [9.17, 15) is 5.11 Å². The lowest BCUT2D eigenvalue weighted by molar-refractivity contribution is -0.0572. The molecule has 2 heterocycles. The Kier molecular flexibility index (Phi) is 3.69. The van der Waals surface area contributed by atoms with Crippen molar-refractivity contribution in [3.05, 3.63) is 30.5 Å². The summed E-state index contributed by atoms with van der Waals surface area (Å²) in [5.74, 6) is 0. The molecule has 21 heavy (non-hydrogen) atoms. The van der Waals surface area contributed by atoms with Gasteiger partial charge in [0.2, 0.25) is 0 Å². The van der Waals surface area contributed by atoms with Gasteiger partial charge in [-0.15, -0.1) is 0 Å². The predicted molar refractivity (Wildman–Crippen MR) is 84.4 cm³/mol. The molecule has 0 saturated carbocycles. The summed E-state index contributed by atoms with van der Waals surface area (Å²) < 4.78 is 5.33. The van der Waals surface area contributed by atoms with Crippen molar-refractivity contribution in [3.8, 4) is 0 Å². The number of nitrogens with two attached hydrogens (primary N) is 1. The zero-order chi connectivity index (χ0) is 14.9. The molecule has 0 radical (unpaired) electrons. The highest BCUT2D eigenvalue weighted by molar-refractivity contribution is 5.93. The number of ether oxygens (including phenoxy) is 1. The molecular formula is C16H21N3O2. The van der Waals surface area contributed by atoms with E-state index in [1.165, 1.54) is 0 Å². The van der Waals surface area contributed by atoms with Crippen LogP contribution in [0.15, 0.2) is 30.5 Å². The Morgan fingerprint density at radius 1 is 1.33 bits per heavy atom. The maximum Gasteiger partial charge on any atom is 0.0865 e. The molecule has 0 spiro atoms. The molecular weight excluding hydrogens is 266 g/mol. The van der Waals surface area contributed by atoms with Gasteiger partial charge in [0, 0.05) is 62.6 Å². The largest absolute Gasteiger partial charge is 0.399 e. The van der Waals surface area contributed by atoms with Crippen LogP contribution in [0.3, 0.4) is 0 Å². The van der Waals surface area contributed by atoms with Gasteiger partial charge in [-0.1, -0.05) is 0 Å². The van der Waals surface area contributed by atoms with Crippen LogP contribution in [0.4, 0.5) is 11.4 Å². The van der Waals surface area contributed by atoms with Crippen LogP contribution in [0.25, 0.3) is 10.9 Å². The first-order valence-electron chi connectivity index (χ1n) is 7.23. The highest BCUT2D eigenvalue weighted by Crippen LogP contribution is 2.29. The van der Waals surface area contributed by atoms with Crippen molar-refractivity contribution in [2.75, 3.05) is 37.4 Å². The van der Waals surface area contributed by atoms with Crippen LogP contribution in [-0.2, 0) is 4.74 Å². The fraction of sp³-hybridized carbons (Fsp3) is 0.438. The number of aliphatic hydroxyl groups is 1. The third-order valence-corrected chi connectivity index (χ3v) is 4.11. The summed E-state index contributed by atoms with van der Waals surface area (Å²) in [4.78, 5) is 6.45. The highest BCUT2D eigenvalue weighted by Gasteiger charge is 2.31. The molecule has 1 saturated heterocycles. The van der Waals surface area contributed by atoms with Gasteiger partial charge in [-0.2, -0.15) is 0 Å². The van der Waals surface area contributed by atoms with Crippen molar-refractivity contribution < 1.29 is 9.84 Å². The molecule has 3 rings (SSSR count). The van der Waals surface area contributed by atoms with Crippen LogP contribution in [-0.4, -0.2) is 42.5 Å². The number of nitrogen functional groups attached to an aromatic ring is 1. The molecule has 0 bridgehead atoms. The topological polar surface area (TPSA) is 71.6 Å². The van der Waals surface area contributed by atoms with E-state index in [0.29, 0.717) is 38.3 Å². The number of hydrogen-bond acceptors (Lipinski definition) is 5. The van der Waals surface area contributed by atoms with Crippen LogP contribution >= 0.6 is 0 Å². The van der Waals surface area contributed by atoms with Gasteiger partial charge in [0.05, 0.1) is 11.1 Å². The smallest absolute Gasteiger partial charge is 0.0865 e. The number of likely N-dealkylation sites (N-methyl/N-ethyl adjacent to an activating group) is 1. The fourth-order valence-electron chi connectivity index (χ4n) is 2.92. The Bertz CT molecular complexity index is 638. The molecule has 1 aromatic carbocycles. The van der Waals surface area contributed by atoms with Crippen molar-refractivity contribution in [1.29, 1.82) is 0 Å². The minimum absolute atomic E-state index is 0.583. The van der Waals surface area contributed by atoms with Crippen LogP contribution < -0.4 is 10.6 Å². The Hall–Kier alpha value is -1.85. The van der Waals surface area contributed by atoms with Crippen LogP contribution in [0.2, 0.25) is 0 Å². The average molecular weight is 287 g/mol. The Labute approximate surface area is 124 Å². The van der Waals surface area contributed by atoms with Crippen LogP contribution in [0.5, 0.6) is 0 Å². The number of rotatable bonds is 3. The SMILES string of the molecule is CN(CC1(O)CCOCC1)c1ccnc2cc(N)ccc12. The zero-order valence-electron chi connectivity index (χ0n) is 12.2. The van der Waals surface area contributed by atoms with Crippen molar-refractivity contribution in [1.82, 2.24) is 4.98 Å². The third-order valence-electron chi connectivity index (χ3n) is 4.11. The molecule has 1 fully saturated rings. The molecule has 5 nitrogen and oxygen atoms in total. The molecule has 2 aromatic rings. The van der Waals surface area contributed by atoms with E-state index in [1.807, 2.05) is 31.3 Å². The summed E-state index contributed by atoms with van der Waals surface area (Å²) in [7, 11) is 2.00. The van der Waals surface area contributed by atoms with Gasteiger partial charge in [-0.05, 0) is 24.3 Å². The molecule has 1 aromatic heterocycles. The lowest BCUT2D eigenvalue weighted by Crippen LogP contribution is -2.45. The van der Waals surface area contributed by atoms with Gasteiger partial charge in [0.1, 0.15) is 0 Å². The Balaban J connectivity index is 1.89. The van der Waals surface area contributed by atoms with Gasteiger partial charge < -0.3 is 20.5 Å². The lowest BCUT2D eigenvalue weighted by Gasteiger charge is -2.36. The average Bonchev–Trinajstić information content (AvgIpc) is 2.46. The zero-order valence-corrected chi connectivity index (χ0v) is 12.2. The second kappa shape index (κ2) is 5.50. The normalized spacial score (nSPS) is 17.8. The first kappa shape index (κ1) is 14.1. The van der Waals surface area contributed by atoms with Gasteiger partial charge in [-0.3, -0.25) is 4.98 Å². The summed E-state index contributed by atoms with van der Waals surface area (Å²) in [5.41, 5.74) is 7.76. The monoisotopic (exact) mass is 287 g/mol. The van der Waals surface area contributed by atoms with Crippen molar-refractivity contribution in [2.24, 2.45) is 0 Å². The van der Waals surface area contributed by atoms with Crippen molar-refractivity contribution in [3.63, 3.8) is 0 Å². The molecule has 5 heteroatoms. The summed E-state index contributed by atoms with van der Waals surface area (Å²) in [5, 5.41) is 11.7. The van der Waals surface area contributed by atoms with E-state index in [0.717, 1.165) is 16.6 Å². The van der Waals surface area contributed by atoms with Gasteiger partial charge in [0.25, 0.3) is 0 Å². The fourth-order valence-corrected chi connectivity index (χ4v) is 2.92. The highest BCUT2D eigenvalue weighted by atomic mass is 16.5. The van der Waals surface area contributed by atoms with Crippen LogP contribution in [0.1, 0.15) is 12.8 Å². The predicted octanol–water partition coefficient (Wildman–Crippen LogP) is 1.79. The quantitative estimate of drug-likeness (QED) is 0.842. The number of benzene rings is 1. The molecule has 1 aliphatic heterocycles. The maximum absolute atomic E-state index is 10.7. The number of pyridine rings is 1. The second-order valence-corrected chi connectivity index (χ2v) is 5.80. The molecule has 3 N–H and O–H groups in total. The van der Waals surface area contributed by atoms with E-state index < -0.39 is 5.60 Å². The van der Waals surface area contributed by atoms with Crippen molar-refractivity contribution in [2.45, 2.75) is 18.4 Å². The molecule has 0 unspecified atom stereocenters. The van der Waals surface area contributed by atoms with E-state index >= 15 is 0 Å². The van der Waals surface area contributed by atoms with Gasteiger partial charge in [0.15, 0.2) is 0 Å². The van der Waals surface area contributed by atoms with Crippen molar-refractivity contribution >= 4 is 22.3 Å². The summed E-state index contributed by atoms with van der Waals surface area (Å²) in [6.07, 6.45) is 3.13. The van der Waals surface area contributed by atoms with Gasteiger partial charge >= 0.3 is 0 Å². The standard InChI is InChI=1S/C16H21N3O2/c1-19(11-16(20)5-8-21-9-6-16)15-4-7-18-14-10-12(17)2-3-13(14)15/h2-4,7,10,20H,5-6,8-9,11,17H2,1H3. The lowest BCUT2D eigenvalue weighted by atomic mass is 9.93. The second-order valence-electron chi connectivity index (χ2n) is 5.80. The molecule has 0 aliphatic carbocycles. The minimum Gasteiger partial charge on any atom is -0.399 e. The Morgan fingerprint density at radius 3 is 2.86 bits per heavy atom. The summed E-state index contributed by atoms with van der Waals surface area (Å²) >= 11 is 0. The molecule has 0 atom stereocenters. The summed E-state index contributed by atoms with van der Waals surface area (Å²) in [6, 6.07) is 7.71. The number of aromatic nitrogens is 1. The van der Waals surface area contributed by atoms with Gasteiger partial charge in [-0.25, -0.2) is 0 Å². The number of fused-ring (bicyclic) bond motifs is 1. The van der Waals surface area contributed by atoms with E-state index in [1.54, 1.807) is 6.20 Å². The maximum atomic E-state index is 10.7.